The van der Waals surface area contributed by atoms with Gasteiger partial charge in [-0.25, -0.2) is 0 Å². The van der Waals surface area contributed by atoms with Crippen LogP contribution >= 0.6 is 0 Å². The molecular formula is C13H18N4O. The Bertz CT molecular complexity index is 481. The number of anilines is 1. The Labute approximate surface area is 106 Å². The molecule has 1 aromatic heterocycles. The highest BCUT2D eigenvalue weighted by Crippen LogP contribution is 2.69. The Hall–Kier alpha value is -1.52. The lowest BCUT2D eigenvalue weighted by molar-refractivity contribution is -0.123. The number of H-pyrrole nitrogens is 1. The number of hydrogen-bond donors (Lipinski definition) is 3. The SMILES string of the molecule is Nc1[nH]ncc1CNC(=O)C1C2C3CCC(C3)C12. The molecule has 1 heterocycles. The molecule has 3 saturated carbocycles. The molecule has 0 saturated heterocycles. The van der Waals surface area contributed by atoms with Gasteiger partial charge in [0.05, 0.1) is 6.20 Å². The molecule has 0 spiro atoms. The van der Waals surface area contributed by atoms with Crippen molar-refractivity contribution >= 4 is 11.7 Å². The Balaban J connectivity index is 1.37. The van der Waals surface area contributed by atoms with E-state index in [9.17, 15) is 4.79 Å². The minimum Gasteiger partial charge on any atom is -0.384 e. The number of fused-ring (bicyclic) bond motifs is 5. The first-order chi connectivity index (χ1) is 8.75. The molecule has 5 heteroatoms. The fourth-order valence-corrected chi connectivity index (χ4v) is 4.44. The molecule has 4 N–H and O–H groups in total. The van der Waals surface area contributed by atoms with Crippen LogP contribution in [0, 0.1) is 29.6 Å². The van der Waals surface area contributed by atoms with E-state index in [1.54, 1.807) is 6.20 Å². The number of aromatic nitrogens is 2. The number of carbonyl (C=O) groups excluding carboxylic acids is 1. The number of hydrogen-bond acceptors (Lipinski definition) is 3. The van der Waals surface area contributed by atoms with E-state index < -0.39 is 0 Å². The lowest BCUT2D eigenvalue weighted by Gasteiger charge is -2.09. The zero-order valence-corrected chi connectivity index (χ0v) is 10.2. The summed E-state index contributed by atoms with van der Waals surface area (Å²) in [6.45, 7) is 0.492. The number of rotatable bonds is 3. The first-order valence-corrected chi connectivity index (χ1v) is 6.81. The third kappa shape index (κ3) is 1.33. The van der Waals surface area contributed by atoms with E-state index in [1.807, 2.05) is 0 Å². The molecule has 4 unspecified atom stereocenters. The topological polar surface area (TPSA) is 83.8 Å². The summed E-state index contributed by atoms with van der Waals surface area (Å²) >= 11 is 0. The predicted octanol–water partition coefficient (Wildman–Crippen LogP) is 0.900. The minimum absolute atomic E-state index is 0.224. The third-order valence-corrected chi connectivity index (χ3v) is 5.24. The fraction of sp³-hybridized carbons (Fsp3) is 0.692. The molecule has 4 rings (SSSR count). The van der Waals surface area contributed by atoms with Crippen LogP contribution in [0.2, 0.25) is 0 Å². The number of nitrogen functional groups attached to an aromatic ring is 1. The van der Waals surface area contributed by atoms with Crippen LogP contribution in [0.5, 0.6) is 0 Å². The largest absolute Gasteiger partial charge is 0.384 e. The number of aromatic amines is 1. The zero-order chi connectivity index (χ0) is 12.3. The maximum absolute atomic E-state index is 12.2. The lowest BCUT2D eigenvalue weighted by Crippen LogP contribution is -2.27. The molecule has 3 aliphatic carbocycles. The second-order valence-electron chi connectivity index (χ2n) is 6.04. The second kappa shape index (κ2) is 3.49. The molecule has 18 heavy (non-hydrogen) atoms. The average Bonchev–Trinajstić information content (AvgIpc) is 2.69. The van der Waals surface area contributed by atoms with Crippen molar-refractivity contribution in [1.82, 2.24) is 15.5 Å². The van der Waals surface area contributed by atoms with E-state index in [0.29, 0.717) is 30.1 Å². The van der Waals surface area contributed by atoms with E-state index in [1.165, 1.54) is 19.3 Å². The molecule has 1 amide bonds. The average molecular weight is 246 g/mol. The van der Waals surface area contributed by atoms with Gasteiger partial charge in [0, 0.05) is 18.0 Å². The standard InChI is InChI=1S/C13H18N4O/c14-12-8(5-16-17-12)4-15-13(18)11-9-6-1-2-7(3-6)10(9)11/h5-7,9-11H,1-4H2,(H,15,18)(H3,14,16,17). The molecule has 4 atom stereocenters. The maximum atomic E-state index is 12.2. The number of amides is 1. The molecule has 0 radical (unpaired) electrons. The van der Waals surface area contributed by atoms with E-state index in [4.69, 9.17) is 5.73 Å². The van der Waals surface area contributed by atoms with Crippen molar-refractivity contribution in [3.05, 3.63) is 11.8 Å². The first kappa shape index (κ1) is 10.4. The van der Waals surface area contributed by atoms with Crippen molar-refractivity contribution in [2.24, 2.45) is 29.6 Å². The van der Waals surface area contributed by atoms with Crippen molar-refractivity contribution in [1.29, 1.82) is 0 Å². The van der Waals surface area contributed by atoms with Gasteiger partial charge in [0.1, 0.15) is 5.82 Å². The highest BCUT2D eigenvalue weighted by Gasteiger charge is 2.67. The Morgan fingerprint density at radius 1 is 1.44 bits per heavy atom. The Morgan fingerprint density at radius 3 is 2.78 bits per heavy atom. The zero-order valence-electron chi connectivity index (χ0n) is 10.2. The van der Waals surface area contributed by atoms with Gasteiger partial charge in [0.2, 0.25) is 5.91 Å². The van der Waals surface area contributed by atoms with E-state index in [2.05, 4.69) is 15.5 Å². The molecule has 0 aromatic carbocycles. The van der Waals surface area contributed by atoms with Gasteiger partial charge in [-0.2, -0.15) is 5.10 Å². The van der Waals surface area contributed by atoms with Gasteiger partial charge >= 0.3 is 0 Å². The molecular weight excluding hydrogens is 228 g/mol. The number of nitrogens with two attached hydrogens (primary N) is 1. The summed E-state index contributed by atoms with van der Waals surface area (Å²) in [5, 5.41) is 9.53. The summed E-state index contributed by atoms with van der Waals surface area (Å²) in [7, 11) is 0. The molecule has 3 aliphatic rings. The third-order valence-electron chi connectivity index (χ3n) is 5.24. The van der Waals surface area contributed by atoms with Crippen molar-refractivity contribution < 1.29 is 4.79 Å². The van der Waals surface area contributed by atoms with Crippen LogP contribution in [0.25, 0.3) is 0 Å². The highest BCUT2D eigenvalue weighted by molar-refractivity contribution is 5.82. The molecule has 1 aromatic rings. The summed E-state index contributed by atoms with van der Waals surface area (Å²) in [6.07, 6.45) is 5.76. The summed E-state index contributed by atoms with van der Waals surface area (Å²) in [6, 6.07) is 0. The van der Waals surface area contributed by atoms with Crippen LogP contribution in [0.4, 0.5) is 5.82 Å². The molecule has 2 bridgehead atoms. The first-order valence-electron chi connectivity index (χ1n) is 6.81. The van der Waals surface area contributed by atoms with Gasteiger partial charge in [-0.1, -0.05) is 0 Å². The number of nitrogens with zero attached hydrogens (tertiary/aromatic N) is 1. The van der Waals surface area contributed by atoms with Crippen LogP contribution < -0.4 is 11.1 Å². The Kier molecular flexibility index (Phi) is 2.02. The van der Waals surface area contributed by atoms with Crippen LogP contribution in [0.3, 0.4) is 0 Å². The number of carbonyl (C=O) groups is 1. The maximum Gasteiger partial charge on any atom is 0.223 e. The van der Waals surface area contributed by atoms with Crippen molar-refractivity contribution in [3.63, 3.8) is 0 Å². The molecule has 96 valence electrons. The molecule has 0 aliphatic heterocycles. The molecule has 3 fully saturated rings. The summed E-state index contributed by atoms with van der Waals surface area (Å²) < 4.78 is 0. The summed E-state index contributed by atoms with van der Waals surface area (Å²) in [5.74, 6) is 4.15. The van der Waals surface area contributed by atoms with E-state index in [0.717, 1.165) is 17.4 Å². The van der Waals surface area contributed by atoms with Crippen LogP contribution in [-0.2, 0) is 11.3 Å². The van der Waals surface area contributed by atoms with Crippen LogP contribution in [-0.4, -0.2) is 16.1 Å². The number of nitrogens with one attached hydrogen (secondary N) is 2. The van der Waals surface area contributed by atoms with Gasteiger partial charge in [-0.3, -0.25) is 9.89 Å². The molecule has 5 nitrogen and oxygen atoms in total. The van der Waals surface area contributed by atoms with Gasteiger partial charge in [0.25, 0.3) is 0 Å². The van der Waals surface area contributed by atoms with Crippen molar-refractivity contribution in [2.45, 2.75) is 25.8 Å². The van der Waals surface area contributed by atoms with Gasteiger partial charge in [-0.15, -0.1) is 0 Å². The minimum atomic E-state index is 0.224. The lowest BCUT2D eigenvalue weighted by atomic mass is 10.0. The predicted molar refractivity (Wildman–Crippen MR) is 66.1 cm³/mol. The highest BCUT2D eigenvalue weighted by atomic mass is 16.2. The van der Waals surface area contributed by atoms with Gasteiger partial charge < -0.3 is 11.1 Å². The summed E-state index contributed by atoms with van der Waals surface area (Å²) in [5.41, 5.74) is 6.57. The van der Waals surface area contributed by atoms with Gasteiger partial charge in [-0.05, 0) is 42.9 Å². The normalized spacial score (nSPS) is 39.7. The monoisotopic (exact) mass is 246 g/mol. The quantitative estimate of drug-likeness (QED) is 0.741. The fourth-order valence-electron chi connectivity index (χ4n) is 4.44. The Morgan fingerprint density at radius 2 is 2.17 bits per heavy atom. The van der Waals surface area contributed by atoms with Crippen molar-refractivity contribution in [3.8, 4) is 0 Å². The van der Waals surface area contributed by atoms with Gasteiger partial charge in [0.15, 0.2) is 0 Å². The summed E-state index contributed by atoms with van der Waals surface area (Å²) in [4.78, 5) is 12.2. The van der Waals surface area contributed by atoms with Crippen LogP contribution in [0.15, 0.2) is 6.20 Å². The van der Waals surface area contributed by atoms with E-state index >= 15 is 0 Å². The van der Waals surface area contributed by atoms with Crippen molar-refractivity contribution in [2.75, 3.05) is 5.73 Å². The second-order valence-corrected chi connectivity index (χ2v) is 6.04. The van der Waals surface area contributed by atoms with Crippen LogP contribution in [0.1, 0.15) is 24.8 Å². The smallest absolute Gasteiger partial charge is 0.223 e. The van der Waals surface area contributed by atoms with E-state index in [-0.39, 0.29) is 5.91 Å².